The third kappa shape index (κ3) is 5.17. The fourth-order valence-electron chi connectivity index (χ4n) is 3.04. The van der Waals surface area contributed by atoms with Gasteiger partial charge in [-0.25, -0.2) is 0 Å². The molecule has 0 fully saturated rings. The Labute approximate surface area is 176 Å². The molecule has 2 aromatic carbocycles. The van der Waals surface area contributed by atoms with Crippen molar-refractivity contribution in [1.29, 1.82) is 0 Å². The maximum absolute atomic E-state index is 12.4. The van der Waals surface area contributed by atoms with Crippen LogP contribution in [-0.2, 0) is 11.3 Å². The quantitative estimate of drug-likeness (QED) is 0.570. The smallest absolute Gasteiger partial charge is 0.230 e. The lowest BCUT2D eigenvalue weighted by molar-refractivity contribution is -0.119. The number of hydrogen-bond acceptors (Lipinski definition) is 5. The molecule has 1 amide bonds. The Kier molecular flexibility index (Phi) is 6.93. The van der Waals surface area contributed by atoms with Gasteiger partial charge in [0.25, 0.3) is 0 Å². The minimum Gasteiger partial charge on any atom is -0.378 e. The lowest BCUT2D eigenvalue weighted by Gasteiger charge is -2.14. The van der Waals surface area contributed by atoms with Crippen LogP contribution >= 0.6 is 11.8 Å². The van der Waals surface area contributed by atoms with Gasteiger partial charge in [-0.3, -0.25) is 4.79 Å². The molecule has 0 aliphatic heterocycles. The number of anilines is 1. The Balaban J connectivity index is 1.65. The Hall–Kier alpha value is -2.80. The summed E-state index contributed by atoms with van der Waals surface area (Å²) in [4.78, 5) is 14.4. The number of carbonyl (C=O) groups excluding carboxylic acids is 1. The van der Waals surface area contributed by atoms with Crippen molar-refractivity contribution in [2.24, 2.45) is 0 Å². The predicted octanol–water partition coefficient (Wildman–Crippen LogP) is 4.00. The van der Waals surface area contributed by atoms with Crippen molar-refractivity contribution in [2.45, 2.75) is 31.6 Å². The summed E-state index contributed by atoms with van der Waals surface area (Å²) >= 11 is 1.41. The third-order valence-corrected chi connectivity index (χ3v) is 5.65. The van der Waals surface area contributed by atoms with Gasteiger partial charge < -0.3 is 14.8 Å². The van der Waals surface area contributed by atoms with Crippen LogP contribution < -0.4 is 10.2 Å². The second-order valence-electron chi connectivity index (χ2n) is 6.98. The number of rotatable bonds is 8. The van der Waals surface area contributed by atoms with Crippen molar-refractivity contribution >= 4 is 23.4 Å². The molecule has 3 aromatic rings. The van der Waals surface area contributed by atoms with Crippen molar-refractivity contribution in [3.63, 3.8) is 0 Å². The molecule has 1 atom stereocenters. The summed E-state index contributed by atoms with van der Waals surface area (Å²) in [6, 6.07) is 18.1. The van der Waals surface area contributed by atoms with Crippen LogP contribution in [0.2, 0.25) is 0 Å². The summed E-state index contributed by atoms with van der Waals surface area (Å²) in [7, 11) is 4.03. The first-order valence-electron chi connectivity index (χ1n) is 9.67. The molecular weight excluding hydrogens is 382 g/mol. The van der Waals surface area contributed by atoms with Gasteiger partial charge in [0.05, 0.1) is 11.8 Å². The minimum atomic E-state index is -0.0286. The normalized spacial score (nSPS) is 11.9. The summed E-state index contributed by atoms with van der Waals surface area (Å²) in [5.74, 6) is 1.10. The minimum absolute atomic E-state index is 0.0195. The largest absolute Gasteiger partial charge is 0.378 e. The zero-order valence-electron chi connectivity index (χ0n) is 17.3. The van der Waals surface area contributed by atoms with Gasteiger partial charge in [0.1, 0.15) is 0 Å². The summed E-state index contributed by atoms with van der Waals surface area (Å²) in [5.41, 5.74) is 3.24. The lowest BCUT2D eigenvalue weighted by Crippen LogP contribution is -2.28. The summed E-state index contributed by atoms with van der Waals surface area (Å²) < 4.78 is 2.04. The van der Waals surface area contributed by atoms with E-state index >= 15 is 0 Å². The zero-order valence-corrected chi connectivity index (χ0v) is 18.1. The average Bonchev–Trinajstić information content (AvgIpc) is 3.15. The van der Waals surface area contributed by atoms with E-state index in [2.05, 4.69) is 39.5 Å². The molecule has 0 saturated carbocycles. The van der Waals surface area contributed by atoms with Crippen LogP contribution in [0.4, 0.5) is 5.69 Å². The van der Waals surface area contributed by atoms with Crippen LogP contribution in [-0.4, -0.2) is 40.5 Å². The van der Waals surface area contributed by atoms with E-state index in [1.54, 1.807) is 0 Å². The Morgan fingerprint density at radius 1 is 1.10 bits per heavy atom. The van der Waals surface area contributed by atoms with E-state index in [0.29, 0.717) is 5.75 Å². The molecular formula is C22H27N5OS. The Morgan fingerprint density at radius 2 is 1.79 bits per heavy atom. The average molecular weight is 410 g/mol. The number of nitrogens with one attached hydrogen (secondary N) is 1. The molecule has 1 N–H and O–H groups in total. The van der Waals surface area contributed by atoms with Gasteiger partial charge in [-0.15, -0.1) is 10.2 Å². The monoisotopic (exact) mass is 409 g/mol. The molecule has 152 valence electrons. The molecule has 29 heavy (non-hydrogen) atoms. The molecule has 0 radical (unpaired) electrons. The van der Waals surface area contributed by atoms with E-state index in [1.807, 2.05) is 68.1 Å². The van der Waals surface area contributed by atoms with Gasteiger partial charge >= 0.3 is 0 Å². The van der Waals surface area contributed by atoms with E-state index in [4.69, 9.17) is 0 Å². The van der Waals surface area contributed by atoms with E-state index in [-0.39, 0.29) is 11.9 Å². The first kappa shape index (κ1) is 20.9. The van der Waals surface area contributed by atoms with Crippen LogP contribution in [0.15, 0.2) is 59.8 Å². The Morgan fingerprint density at radius 3 is 2.41 bits per heavy atom. The molecule has 0 aliphatic carbocycles. The highest BCUT2D eigenvalue weighted by Crippen LogP contribution is 2.25. The Bertz CT molecular complexity index is 938. The number of benzene rings is 2. The molecule has 3 rings (SSSR count). The van der Waals surface area contributed by atoms with E-state index < -0.39 is 0 Å². The summed E-state index contributed by atoms with van der Waals surface area (Å²) in [6.07, 6.45) is 0. The third-order valence-electron chi connectivity index (χ3n) is 4.68. The van der Waals surface area contributed by atoms with Crippen LogP contribution in [0.3, 0.4) is 0 Å². The number of nitrogens with zero attached hydrogens (tertiary/aromatic N) is 4. The van der Waals surface area contributed by atoms with E-state index in [0.717, 1.165) is 34.3 Å². The fraction of sp³-hybridized carbons (Fsp3) is 0.318. The number of amides is 1. The SMILES string of the molecule is CCn1c(SCC(=O)NC(C)c2ccccc2)nnc1-c1ccc(N(C)C)cc1. The van der Waals surface area contributed by atoms with Gasteiger partial charge in [-0.05, 0) is 43.7 Å². The van der Waals surface area contributed by atoms with Gasteiger partial charge in [0, 0.05) is 31.9 Å². The van der Waals surface area contributed by atoms with Gasteiger partial charge in [-0.1, -0.05) is 42.1 Å². The zero-order chi connectivity index (χ0) is 20.8. The fourth-order valence-corrected chi connectivity index (χ4v) is 3.85. The standard InChI is InChI=1S/C22H27N5OS/c1-5-27-21(18-11-13-19(14-12-18)26(3)4)24-25-22(27)29-15-20(28)23-16(2)17-9-7-6-8-10-17/h6-14,16H,5,15H2,1-4H3,(H,23,28). The first-order valence-corrected chi connectivity index (χ1v) is 10.7. The highest BCUT2D eigenvalue weighted by Gasteiger charge is 2.16. The molecule has 7 heteroatoms. The topological polar surface area (TPSA) is 63.1 Å². The molecule has 0 spiro atoms. The highest BCUT2D eigenvalue weighted by atomic mass is 32.2. The van der Waals surface area contributed by atoms with Crippen molar-refractivity contribution in [3.05, 3.63) is 60.2 Å². The van der Waals surface area contributed by atoms with Gasteiger partial charge in [-0.2, -0.15) is 0 Å². The van der Waals surface area contributed by atoms with Crippen LogP contribution in [0.5, 0.6) is 0 Å². The van der Waals surface area contributed by atoms with Crippen molar-refractivity contribution in [1.82, 2.24) is 20.1 Å². The van der Waals surface area contributed by atoms with Crippen LogP contribution in [0, 0.1) is 0 Å². The van der Waals surface area contributed by atoms with E-state index in [1.165, 1.54) is 11.8 Å². The number of carbonyl (C=O) groups is 1. The second-order valence-corrected chi connectivity index (χ2v) is 7.92. The molecule has 0 aliphatic rings. The number of aromatic nitrogens is 3. The summed E-state index contributed by atoms with van der Waals surface area (Å²) in [6.45, 7) is 4.78. The molecule has 1 unspecified atom stereocenters. The van der Waals surface area contributed by atoms with Crippen LogP contribution in [0.25, 0.3) is 11.4 Å². The van der Waals surface area contributed by atoms with Crippen molar-refractivity contribution in [2.75, 3.05) is 24.7 Å². The number of thioether (sulfide) groups is 1. The molecule has 1 aromatic heterocycles. The van der Waals surface area contributed by atoms with Crippen LogP contribution in [0.1, 0.15) is 25.5 Å². The molecule has 0 bridgehead atoms. The number of hydrogen-bond donors (Lipinski definition) is 1. The van der Waals surface area contributed by atoms with Crippen molar-refractivity contribution < 1.29 is 4.79 Å². The predicted molar refractivity (Wildman–Crippen MR) is 119 cm³/mol. The van der Waals surface area contributed by atoms with Gasteiger partial charge in [0.2, 0.25) is 5.91 Å². The second kappa shape index (κ2) is 9.60. The maximum Gasteiger partial charge on any atom is 0.230 e. The molecule has 1 heterocycles. The molecule has 0 saturated heterocycles. The highest BCUT2D eigenvalue weighted by molar-refractivity contribution is 7.99. The summed E-state index contributed by atoms with van der Waals surface area (Å²) in [5, 5.41) is 12.5. The van der Waals surface area contributed by atoms with Gasteiger partial charge in [0.15, 0.2) is 11.0 Å². The molecule has 6 nitrogen and oxygen atoms in total. The van der Waals surface area contributed by atoms with E-state index in [9.17, 15) is 4.79 Å². The van der Waals surface area contributed by atoms with Crippen molar-refractivity contribution in [3.8, 4) is 11.4 Å². The lowest BCUT2D eigenvalue weighted by atomic mass is 10.1. The maximum atomic E-state index is 12.4. The first-order chi connectivity index (χ1) is 14.0.